The normalized spacial score (nSPS) is 10.4. The molecular formula is C12H11NOS. The van der Waals surface area contributed by atoms with Crippen molar-refractivity contribution in [3.05, 3.63) is 36.4 Å². The Labute approximate surface area is 92.7 Å². The lowest BCUT2D eigenvalue weighted by molar-refractivity contribution is -0.107. The quantitative estimate of drug-likeness (QED) is 0.448. The van der Waals surface area contributed by atoms with Crippen molar-refractivity contribution in [2.24, 2.45) is 0 Å². The molecule has 0 aliphatic heterocycles. The van der Waals surface area contributed by atoms with Gasteiger partial charge in [0.05, 0.1) is 10.5 Å². The number of benzene rings is 1. The Morgan fingerprint density at radius 2 is 2.07 bits per heavy atom. The van der Waals surface area contributed by atoms with E-state index in [1.807, 2.05) is 30.3 Å². The molecule has 1 aromatic heterocycles. The fourth-order valence-electron chi connectivity index (χ4n) is 1.34. The van der Waals surface area contributed by atoms with Gasteiger partial charge in [-0.25, -0.2) is 4.98 Å². The topological polar surface area (TPSA) is 30.0 Å². The third-order valence-electron chi connectivity index (χ3n) is 2.06. The van der Waals surface area contributed by atoms with E-state index >= 15 is 0 Å². The number of aldehydes is 1. The van der Waals surface area contributed by atoms with Crippen LogP contribution in [0.5, 0.6) is 0 Å². The number of hydrogen-bond acceptors (Lipinski definition) is 3. The van der Waals surface area contributed by atoms with Crippen molar-refractivity contribution in [1.29, 1.82) is 0 Å². The van der Waals surface area contributed by atoms with Gasteiger partial charge in [0, 0.05) is 17.6 Å². The Balaban J connectivity index is 2.19. The Morgan fingerprint density at radius 1 is 1.20 bits per heavy atom. The molecule has 0 radical (unpaired) electrons. The highest BCUT2D eigenvalue weighted by Crippen LogP contribution is 2.19. The predicted molar refractivity (Wildman–Crippen MR) is 63.1 cm³/mol. The molecule has 2 nitrogen and oxygen atoms in total. The summed E-state index contributed by atoms with van der Waals surface area (Å²) >= 11 is 1.62. The summed E-state index contributed by atoms with van der Waals surface area (Å²) in [5.41, 5.74) is 1.01. The molecule has 2 aromatic rings. The van der Waals surface area contributed by atoms with Gasteiger partial charge >= 0.3 is 0 Å². The first-order chi connectivity index (χ1) is 7.40. The number of fused-ring (bicyclic) bond motifs is 1. The summed E-state index contributed by atoms with van der Waals surface area (Å²) in [6.45, 7) is 0. The van der Waals surface area contributed by atoms with Crippen molar-refractivity contribution >= 4 is 29.0 Å². The van der Waals surface area contributed by atoms with Crippen LogP contribution in [0.25, 0.3) is 10.9 Å². The number of nitrogens with zero attached hydrogens (tertiary/aromatic N) is 1. The van der Waals surface area contributed by atoms with Gasteiger partial charge in [0.25, 0.3) is 0 Å². The lowest BCUT2D eigenvalue weighted by Gasteiger charge is -2.00. The molecule has 0 saturated carbocycles. The summed E-state index contributed by atoms with van der Waals surface area (Å²) in [4.78, 5) is 14.7. The molecule has 0 spiro atoms. The first-order valence-corrected chi connectivity index (χ1v) is 5.81. The molecule has 1 heterocycles. The number of thioether (sulfide) groups is 1. The number of pyridine rings is 1. The first-order valence-electron chi connectivity index (χ1n) is 4.82. The van der Waals surface area contributed by atoms with E-state index in [4.69, 9.17) is 0 Å². The molecule has 0 bridgehead atoms. The van der Waals surface area contributed by atoms with Gasteiger partial charge in [-0.3, -0.25) is 0 Å². The molecule has 0 amide bonds. The number of hydrogen-bond donors (Lipinski definition) is 0. The minimum atomic E-state index is 0.583. The Hall–Kier alpha value is -1.35. The minimum absolute atomic E-state index is 0.583. The molecule has 76 valence electrons. The highest BCUT2D eigenvalue weighted by atomic mass is 32.2. The molecule has 0 atom stereocenters. The molecule has 0 fully saturated rings. The van der Waals surface area contributed by atoms with Crippen LogP contribution in [-0.4, -0.2) is 17.0 Å². The summed E-state index contributed by atoms with van der Waals surface area (Å²) in [6.07, 6.45) is 1.52. The van der Waals surface area contributed by atoms with E-state index < -0.39 is 0 Å². The van der Waals surface area contributed by atoms with Crippen LogP contribution in [0.1, 0.15) is 6.42 Å². The van der Waals surface area contributed by atoms with Gasteiger partial charge in [0.15, 0.2) is 0 Å². The second-order valence-electron chi connectivity index (χ2n) is 3.15. The van der Waals surface area contributed by atoms with Crippen molar-refractivity contribution in [1.82, 2.24) is 4.98 Å². The maximum absolute atomic E-state index is 10.2. The van der Waals surface area contributed by atoms with Crippen LogP contribution in [0.15, 0.2) is 41.4 Å². The summed E-state index contributed by atoms with van der Waals surface area (Å²) in [5.74, 6) is 0.800. The summed E-state index contributed by atoms with van der Waals surface area (Å²) < 4.78 is 0. The summed E-state index contributed by atoms with van der Waals surface area (Å²) in [6, 6.07) is 12.1. The van der Waals surface area contributed by atoms with Crippen molar-refractivity contribution in [2.45, 2.75) is 11.4 Å². The van der Waals surface area contributed by atoms with Crippen LogP contribution < -0.4 is 0 Å². The molecule has 0 saturated heterocycles. The van der Waals surface area contributed by atoms with Crippen LogP contribution in [0.2, 0.25) is 0 Å². The Bertz CT molecular complexity index is 470. The van der Waals surface area contributed by atoms with E-state index in [0.29, 0.717) is 6.42 Å². The lowest BCUT2D eigenvalue weighted by Crippen LogP contribution is -1.85. The number of carbonyl (C=O) groups excluding carboxylic acids is 1. The standard InChI is InChI=1S/C12H11NOS/c14-8-3-9-15-12-7-6-10-4-1-2-5-11(10)13-12/h1-2,4-8H,3,9H2. The molecular weight excluding hydrogens is 206 g/mol. The molecule has 0 aliphatic carbocycles. The highest BCUT2D eigenvalue weighted by molar-refractivity contribution is 7.99. The Morgan fingerprint density at radius 3 is 2.93 bits per heavy atom. The van der Waals surface area contributed by atoms with E-state index in [1.165, 1.54) is 0 Å². The monoisotopic (exact) mass is 217 g/mol. The van der Waals surface area contributed by atoms with Crippen LogP contribution in [-0.2, 0) is 4.79 Å². The second-order valence-corrected chi connectivity index (χ2v) is 4.26. The average Bonchev–Trinajstić information content (AvgIpc) is 2.29. The van der Waals surface area contributed by atoms with Crippen molar-refractivity contribution in [3.63, 3.8) is 0 Å². The third kappa shape index (κ3) is 2.57. The third-order valence-corrected chi connectivity index (χ3v) is 3.02. The van der Waals surface area contributed by atoms with Crippen LogP contribution in [0.4, 0.5) is 0 Å². The van der Waals surface area contributed by atoms with Gasteiger partial charge < -0.3 is 4.79 Å². The number of rotatable bonds is 4. The van der Waals surface area contributed by atoms with E-state index in [2.05, 4.69) is 11.1 Å². The first kappa shape index (κ1) is 10.2. The zero-order valence-corrected chi connectivity index (χ0v) is 9.04. The average molecular weight is 217 g/mol. The minimum Gasteiger partial charge on any atom is -0.303 e. The zero-order valence-electron chi connectivity index (χ0n) is 8.22. The van der Waals surface area contributed by atoms with E-state index in [1.54, 1.807) is 11.8 Å². The SMILES string of the molecule is O=CCCSc1ccc2ccccc2n1. The second kappa shape index (κ2) is 4.94. The molecule has 0 unspecified atom stereocenters. The highest BCUT2D eigenvalue weighted by Gasteiger charge is 1.97. The van der Waals surface area contributed by atoms with E-state index in [9.17, 15) is 4.79 Å². The van der Waals surface area contributed by atoms with E-state index in [-0.39, 0.29) is 0 Å². The van der Waals surface area contributed by atoms with Gasteiger partial charge in [-0.1, -0.05) is 24.3 Å². The lowest BCUT2D eigenvalue weighted by atomic mass is 10.2. The largest absolute Gasteiger partial charge is 0.303 e. The number of para-hydroxylation sites is 1. The van der Waals surface area contributed by atoms with Crippen molar-refractivity contribution < 1.29 is 4.79 Å². The zero-order chi connectivity index (χ0) is 10.5. The van der Waals surface area contributed by atoms with Gasteiger partial charge in [0.2, 0.25) is 0 Å². The van der Waals surface area contributed by atoms with E-state index in [0.717, 1.165) is 28.0 Å². The molecule has 2 rings (SSSR count). The molecule has 0 aliphatic rings. The summed E-state index contributed by atoms with van der Waals surface area (Å²) in [5, 5.41) is 2.13. The predicted octanol–water partition coefficient (Wildman–Crippen LogP) is 2.92. The Kier molecular flexibility index (Phi) is 3.35. The maximum Gasteiger partial charge on any atom is 0.120 e. The van der Waals surface area contributed by atoms with Crippen LogP contribution >= 0.6 is 11.8 Å². The van der Waals surface area contributed by atoms with Crippen molar-refractivity contribution in [3.8, 4) is 0 Å². The van der Waals surface area contributed by atoms with Crippen LogP contribution in [0.3, 0.4) is 0 Å². The van der Waals surface area contributed by atoms with Gasteiger partial charge in [0.1, 0.15) is 6.29 Å². The summed E-state index contributed by atoms with van der Waals surface area (Å²) in [7, 11) is 0. The maximum atomic E-state index is 10.2. The van der Waals surface area contributed by atoms with Crippen molar-refractivity contribution in [2.75, 3.05) is 5.75 Å². The number of aromatic nitrogens is 1. The number of carbonyl (C=O) groups is 1. The molecule has 1 aromatic carbocycles. The molecule has 3 heteroatoms. The molecule has 15 heavy (non-hydrogen) atoms. The van der Waals surface area contributed by atoms with Gasteiger partial charge in [-0.05, 0) is 12.1 Å². The fourth-order valence-corrected chi connectivity index (χ4v) is 2.09. The fraction of sp³-hybridized carbons (Fsp3) is 0.167. The van der Waals surface area contributed by atoms with Gasteiger partial charge in [-0.15, -0.1) is 11.8 Å². The molecule has 0 N–H and O–H groups in total. The van der Waals surface area contributed by atoms with Crippen LogP contribution in [0, 0.1) is 0 Å². The smallest absolute Gasteiger partial charge is 0.120 e. The van der Waals surface area contributed by atoms with Gasteiger partial charge in [-0.2, -0.15) is 0 Å².